The van der Waals surface area contributed by atoms with Crippen molar-refractivity contribution in [3.8, 4) is 0 Å². The van der Waals surface area contributed by atoms with Gasteiger partial charge >= 0.3 is 5.97 Å². The van der Waals surface area contributed by atoms with Crippen molar-refractivity contribution in [1.29, 1.82) is 0 Å². The van der Waals surface area contributed by atoms with Gasteiger partial charge in [-0.25, -0.2) is 9.79 Å². The lowest BCUT2D eigenvalue weighted by Gasteiger charge is -1.99. The normalized spacial score (nSPS) is 19.7. The summed E-state index contributed by atoms with van der Waals surface area (Å²) in [6, 6.07) is 9.36. The van der Waals surface area contributed by atoms with Gasteiger partial charge in [-0.3, -0.25) is 0 Å². The average Bonchev–Trinajstić information content (AvgIpc) is 2.78. The molecule has 1 aromatic rings. The van der Waals surface area contributed by atoms with Gasteiger partial charge in [-0.15, -0.1) is 0 Å². The van der Waals surface area contributed by atoms with Crippen LogP contribution in [0.1, 0.15) is 12.5 Å². The molecular formula is C13H13NO3. The van der Waals surface area contributed by atoms with Crippen molar-refractivity contribution in [2.45, 2.75) is 13.0 Å². The van der Waals surface area contributed by atoms with Crippen LogP contribution in [-0.4, -0.2) is 29.6 Å². The number of carboxylic acid groups (broad SMARTS) is 1. The lowest BCUT2D eigenvalue weighted by molar-refractivity contribution is -0.132. The number of rotatable bonds is 3. The van der Waals surface area contributed by atoms with Gasteiger partial charge in [0.15, 0.2) is 0 Å². The zero-order chi connectivity index (χ0) is 12.3. The number of aliphatic imine (C=N–C) groups is 1. The average molecular weight is 231 g/mol. The first-order valence-electron chi connectivity index (χ1n) is 5.34. The van der Waals surface area contributed by atoms with E-state index in [4.69, 9.17) is 9.84 Å². The highest BCUT2D eigenvalue weighted by Gasteiger charge is 2.18. The summed E-state index contributed by atoms with van der Waals surface area (Å²) in [7, 11) is 0. The lowest BCUT2D eigenvalue weighted by atomic mass is 10.2. The molecule has 0 amide bonds. The Morgan fingerprint density at radius 2 is 2.18 bits per heavy atom. The SMILES string of the molecule is CC(=CC1COC(c2ccccc2)=N1)C(=O)O. The van der Waals surface area contributed by atoms with Gasteiger partial charge in [0.2, 0.25) is 5.90 Å². The first-order valence-corrected chi connectivity index (χ1v) is 5.34. The fraction of sp³-hybridized carbons (Fsp3) is 0.231. The van der Waals surface area contributed by atoms with Gasteiger partial charge in [0, 0.05) is 11.1 Å². The van der Waals surface area contributed by atoms with Crippen LogP contribution in [0.4, 0.5) is 0 Å². The molecule has 0 aromatic heterocycles. The molecule has 1 aromatic carbocycles. The van der Waals surface area contributed by atoms with Gasteiger partial charge < -0.3 is 9.84 Å². The predicted octanol–water partition coefficient (Wildman–Crippen LogP) is 1.86. The summed E-state index contributed by atoms with van der Waals surface area (Å²) in [5, 5.41) is 8.77. The van der Waals surface area contributed by atoms with E-state index in [1.807, 2.05) is 30.3 Å². The summed E-state index contributed by atoms with van der Waals surface area (Å²) in [4.78, 5) is 15.0. The van der Waals surface area contributed by atoms with E-state index in [0.29, 0.717) is 12.5 Å². The molecule has 1 heterocycles. The van der Waals surface area contributed by atoms with Gasteiger partial charge in [-0.1, -0.05) is 18.2 Å². The number of ether oxygens (including phenoxy) is 1. The van der Waals surface area contributed by atoms with Crippen molar-refractivity contribution in [3.05, 3.63) is 47.5 Å². The molecule has 88 valence electrons. The van der Waals surface area contributed by atoms with Crippen LogP contribution in [0.3, 0.4) is 0 Å². The third-order valence-corrected chi connectivity index (χ3v) is 2.47. The molecule has 1 N–H and O–H groups in total. The Labute approximate surface area is 99.3 Å². The number of aliphatic carboxylic acids is 1. The number of carbonyl (C=O) groups is 1. The number of hydrogen-bond donors (Lipinski definition) is 1. The highest BCUT2D eigenvalue weighted by atomic mass is 16.5. The van der Waals surface area contributed by atoms with E-state index in [0.717, 1.165) is 5.56 Å². The third kappa shape index (κ3) is 2.72. The topological polar surface area (TPSA) is 58.9 Å². The van der Waals surface area contributed by atoms with Crippen LogP contribution in [0.2, 0.25) is 0 Å². The van der Waals surface area contributed by atoms with E-state index in [2.05, 4.69) is 4.99 Å². The molecule has 4 nitrogen and oxygen atoms in total. The maximum atomic E-state index is 10.7. The van der Waals surface area contributed by atoms with Gasteiger partial charge in [0.05, 0.1) is 0 Å². The minimum atomic E-state index is -0.923. The second-order valence-electron chi connectivity index (χ2n) is 3.83. The van der Waals surface area contributed by atoms with Crippen LogP contribution in [0.15, 0.2) is 47.0 Å². The summed E-state index contributed by atoms with van der Waals surface area (Å²) < 4.78 is 5.44. The molecule has 2 rings (SSSR count). The maximum Gasteiger partial charge on any atom is 0.331 e. The van der Waals surface area contributed by atoms with Gasteiger partial charge in [0.25, 0.3) is 0 Å². The Morgan fingerprint density at radius 1 is 1.47 bits per heavy atom. The van der Waals surface area contributed by atoms with Crippen molar-refractivity contribution < 1.29 is 14.6 Å². The van der Waals surface area contributed by atoms with Crippen molar-refractivity contribution in [3.63, 3.8) is 0 Å². The van der Waals surface area contributed by atoms with Crippen molar-refractivity contribution >= 4 is 11.9 Å². The van der Waals surface area contributed by atoms with Crippen LogP contribution >= 0.6 is 0 Å². The van der Waals surface area contributed by atoms with Crippen molar-refractivity contribution in [1.82, 2.24) is 0 Å². The molecule has 0 spiro atoms. The molecule has 0 saturated heterocycles. The van der Waals surface area contributed by atoms with Gasteiger partial charge in [-0.2, -0.15) is 0 Å². The smallest absolute Gasteiger partial charge is 0.331 e. The Bertz CT molecular complexity index is 477. The molecule has 0 aliphatic carbocycles. The van der Waals surface area contributed by atoms with E-state index in [1.54, 1.807) is 13.0 Å². The van der Waals surface area contributed by atoms with Crippen LogP contribution < -0.4 is 0 Å². The zero-order valence-electron chi connectivity index (χ0n) is 9.46. The highest BCUT2D eigenvalue weighted by Crippen LogP contribution is 2.13. The Kier molecular flexibility index (Phi) is 3.23. The molecule has 0 radical (unpaired) electrons. The number of hydrogen-bond acceptors (Lipinski definition) is 3. The molecule has 1 unspecified atom stereocenters. The second kappa shape index (κ2) is 4.82. The van der Waals surface area contributed by atoms with Crippen LogP contribution in [0.25, 0.3) is 0 Å². The highest BCUT2D eigenvalue weighted by molar-refractivity contribution is 5.95. The fourth-order valence-electron chi connectivity index (χ4n) is 1.57. The molecule has 1 atom stereocenters. The largest absolute Gasteiger partial charge is 0.478 e. The van der Waals surface area contributed by atoms with E-state index in [1.165, 1.54) is 0 Å². The van der Waals surface area contributed by atoms with Crippen molar-refractivity contribution in [2.24, 2.45) is 4.99 Å². The number of carboxylic acids is 1. The monoisotopic (exact) mass is 231 g/mol. The van der Waals surface area contributed by atoms with Gasteiger partial charge in [0.1, 0.15) is 12.6 Å². The number of benzene rings is 1. The van der Waals surface area contributed by atoms with E-state index in [-0.39, 0.29) is 11.6 Å². The first kappa shape index (κ1) is 11.4. The summed E-state index contributed by atoms with van der Waals surface area (Å²) in [5.74, 6) is -0.349. The standard InChI is InChI=1S/C13H13NO3/c1-9(13(15)16)7-11-8-17-12(14-11)10-5-3-2-4-6-10/h2-7,11H,8H2,1H3,(H,15,16). The minimum absolute atomic E-state index is 0.207. The molecule has 17 heavy (non-hydrogen) atoms. The molecule has 0 bridgehead atoms. The maximum absolute atomic E-state index is 10.7. The summed E-state index contributed by atoms with van der Waals surface area (Å²) in [5.41, 5.74) is 1.20. The predicted molar refractivity (Wildman–Crippen MR) is 64.1 cm³/mol. The third-order valence-electron chi connectivity index (χ3n) is 2.47. The fourth-order valence-corrected chi connectivity index (χ4v) is 1.57. The molecule has 0 saturated carbocycles. The lowest BCUT2D eigenvalue weighted by Crippen LogP contribution is -2.06. The zero-order valence-corrected chi connectivity index (χ0v) is 9.46. The second-order valence-corrected chi connectivity index (χ2v) is 3.83. The van der Waals surface area contributed by atoms with E-state index >= 15 is 0 Å². The first-order chi connectivity index (χ1) is 8.16. The molecule has 0 fully saturated rings. The van der Waals surface area contributed by atoms with E-state index in [9.17, 15) is 4.79 Å². The quantitative estimate of drug-likeness (QED) is 0.808. The molecule has 1 aliphatic rings. The summed E-state index contributed by atoms with van der Waals surface area (Å²) >= 11 is 0. The van der Waals surface area contributed by atoms with E-state index < -0.39 is 5.97 Å². The summed E-state index contributed by atoms with van der Waals surface area (Å²) in [6.45, 7) is 1.95. The van der Waals surface area contributed by atoms with Crippen molar-refractivity contribution in [2.75, 3.05) is 6.61 Å². The molecule has 4 heteroatoms. The Balaban J connectivity index is 2.15. The minimum Gasteiger partial charge on any atom is -0.478 e. The Morgan fingerprint density at radius 3 is 2.82 bits per heavy atom. The number of nitrogens with zero attached hydrogens (tertiary/aromatic N) is 1. The Hall–Kier alpha value is -2.10. The van der Waals surface area contributed by atoms with Crippen LogP contribution in [-0.2, 0) is 9.53 Å². The molecule has 1 aliphatic heterocycles. The van der Waals surface area contributed by atoms with Crippen LogP contribution in [0.5, 0.6) is 0 Å². The van der Waals surface area contributed by atoms with Crippen LogP contribution in [0, 0.1) is 0 Å². The summed E-state index contributed by atoms with van der Waals surface area (Å²) in [6.07, 6.45) is 1.61. The van der Waals surface area contributed by atoms with Gasteiger partial charge in [-0.05, 0) is 25.1 Å². The molecular weight excluding hydrogens is 218 g/mol.